The molecule has 2 amide bonds. The molecule has 0 aromatic carbocycles. The number of carbonyl (C=O) groups is 1. The zero-order valence-electron chi connectivity index (χ0n) is 10.0. The van der Waals surface area contributed by atoms with E-state index in [0.717, 1.165) is 25.9 Å². The quantitative estimate of drug-likeness (QED) is 0.720. The van der Waals surface area contributed by atoms with Crippen LogP contribution in [0.4, 0.5) is 4.79 Å². The molecule has 0 atom stereocenters. The zero-order valence-corrected chi connectivity index (χ0v) is 10.0. The van der Waals surface area contributed by atoms with Gasteiger partial charge in [-0.1, -0.05) is 13.8 Å². The molecule has 1 fully saturated rings. The Balaban J connectivity index is 2.42. The van der Waals surface area contributed by atoms with Gasteiger partial charge in [0.25, 0.3) is 0 Å². The second-order valence-corrected chi connectivity index (χ2v) is 5.11. The molecule has 1 aliphatic rings. The fourth-order valence-electron chi connectivity index (χ4n) is 1.40. The smallest absolute Gasteiger partial charge is 0.317 e. The van der Waals surface area contributed by atoms with Crippen LogP contribution in [0.3, 0.4) is 0 Å². The summed E-state index contributed by atoms with van der Waals surface area (Å²) in [6.45, 7) is 8.22. The molecular formula is C11H23N3O. The molecule has 0 bridgehead atoms. The lowest BCUT2D eigenvalue weighted by Crippen LogP contribution is -2.46. The first-order chi connectivity index (χ1) is 6.98. The lowest BCUT2D eigenvalue weighted by atomic mass is 9.93. The van der Waals surface area contributed by atoms with E-state index in [-0.39, 0.29) is 11.4 Å². The summed E-state index contributed by atoms with van der Waals surface area (Å²) in [6.07, 6.45) is 2.26. The fourth-order valence-corrected chi connectivity index (χ4v) is 1.40. The highest BCUT2D eigenvalue weighted by Gasteiger charge is 2.27. The van der Waals surface area contributed by atoms with Crippen molar-refractivity contribution in [1.82, 2.24) is 10.2 Å². The van der Waals surface area contributed by atoms with Gasteiger partial charge in [-0.15, -0.1) is 0 Å². The molecule has 1 aliphatic carbocycles. The summed E-state index contributed by atoms with van der Waals surface area (Å²) in [5, 5.41) is 3.00. The summed E-state index contributed by atoms with van der Waals surface area (Å²) < 4.78 is 0. The van der Waals surface area contributed by atoms with Crippen LogP contribution in [0.2, 0.25) is 0 Å². The number of amides is 2. The molecule has 15 heavy (non-hydrogen) atoms. The van der Waals surface area contributed by atoms with Gasteiger partial charge in [-0.3, -0.25) is 0 Å². The predicted molar refractivity (Wildman–Crippen MR) is 61.6 cm³/mol. The van der Waals surface area contributed by atoms with Gasteiger partial charge in [0.15, 0.2) is 0 Å². The van der Waals surface area contributed by atoms with Crippen molar-refractivity contribution in [3.05, 3.63) is 0 Å². The van der Waals surface area contributed by atoms with Crippen molar-refractivity contribution in [3.8, 4) is 0 Å². The van der Waals surface area contributed by atoms with Crippen LogP contribution in [0, 0.1) is 5.41 Å². The van der Waals surface area contributed by atoms with Gasteiger partial charge in [0.2, 0.25) is 0 Å². The maximum Gasteiger partial charge on any atom is 0.317 e. The highest BCUT2D eigenvalue weighted by Crippen LogP contribution is 2.20. The number of nitrogens with zero attached hydrogens (tertiary/aromatic N) is 1. The first-order valence-corrected chi connectivity index (χ1v) is 5.74. The van der Waals surface area contributed by atoms with Crippen molar-refractivity contribution in [1.29, 1.82) is 0 Å². The van der Waals surface area contributed by atoms with Crippen LogP contribution in [0.15, 0.2) is 0 Å². The van der Waals surface area contributed by atoms with E-state index in [0.29, 0.717) is 12.6 Å². The summed E-state index contributed by atoms with van der Waals surface area (Å²) >= 11 is 0. The number of hydrogen-bond donors (Lipinski definition) is 2. The number of carbonyl (C=O) groups excluding carboxylic acids is 1. The SMILES string of the molecule is CCN(CC(C)(C)CN)C(=O)NC1CC1. The predicted octanol–water partition coefficient (Wildman–Crippen LogP) is 1.17. The Morgan fingerprint density at radius 1 is 1.53 bits per heavy atom. The number of rotatable bonds is 5. The minimum atomic E-state index is -0.00307. The number of nitrogens with one attached hydrogen (secondary N) is 1. The molecule has 4 nitrogen and oxygen atoms in total. The Morgan fingerprint density at radius 2 is 2.13 bits per heavy atom. The van der Waals surface area contributed by atoms with E-state index in [9.17, 15) is 4.79 Å². The van der Waals surface area contributed by atoms with Gasteiger partial charge in [-0.25, -0.2) is 4.79 Å². The van der Waals surface area contributed by atoms with E-state index < -0.39 is 0 Å². The summed E-state index contributed by atoms with van der Waals surface area (Å²) in [6, 6.07) is 0.481. The first kappa shape index (κ1) is 12.3. The summed E-state index contributed by atoms with van der Waals surface area (Å²) in [5.41, 5.74) is 5.66. The van der Waals surface area contributed by atoms with Crippen molar-refractivity contribution in [2.24, 2.45) is 11.1 Å². The molecule has 0 heterocycles. The van der Waals surface area contributed by atoms with Gasteiger partial charge >= 0.3 is 6.03 Å². The molecule has 0 aromatic rings. The standard InChI is InChI=1S/C11H23N3O/c1-4-14(8-11(2,3)7-12)10(15)13-9-5-6-9/h9H,4-8,12H2,1-3H3,(H,13,15). The Hall–Kier alpha value is -0.770. The van der Waals surface area contributed by atoms with Crippen molar-refractivity contribution in [2.45, 2.75) is 39.7 Å². The van der Waals surface area contributed by atoms with Gasteiger partial charge in [-0.2, -0.15) is 0 Å². The molecule has 0 aromatic heterocycles. The molecular weight excluding hydrogens is 190 g/mol. The molecule has 0 radical (unpaired) electrons. The summed E-state index contributed by atoms with van der Waals surface area (Å²) in [7, 11) is 0. The third kappa shape index (κ3) is 4.08. The monoisotopic (exact) mass is 213 g/mol. The van der Waals surface area contributed by atoms with E-state index in [2.05, 4.69) is 19.2 Å². The van der Waals surface area contributed by atoms with Gasteiger partial charge in [0.1, 0.15) is 0 Å². The van der Waals surface area contributed by atoms with Crippen LogP contribution < -0.4 is 11.1 Å². The molecule has 4 heteroatoms. The molecule has 1 rings (SSSR count). The fraction of sp³-hybridized carbons (Fsp3) is 0.909. The number of nitrogens with two attached hydrogens (primary N) is 1. The summed E-state index contributed by atoms with van der Waals surface area (Å²) in [4.78, 5) is 13.6. The third-order valence-corrected chi connectivity index (χ3v) is 2.75. The first-order valence-electron chi connectivity index (χ1n) is 5.74. The molecule has 0 aliphatic heterocycles. The van der Waals surface area contributed by atoms with Gasteiger partial charge < -0.3 is 16.0 Å². The van der Waals surface area contributed by atoms with Crippen molar-refractivity contribution in [3.63, 3.8) is 0 Å². The maximum absolute atomic E-state index is 11.8. The largest absolute Gasteiger partial charge is 0.335 e. The number of hydrogen-bond acceptors (Lipinski definition) is 2. The van der Waals surface area contributed by atoms with E-state index in [1.54, 1.807) is 0 Å². The van der Waals surface area contributed by atoms with Gasteiger partial charge in [0, 0.05) is 19.1 Å². The minimum Gasteiger partial charge on any atom is -0.335 e. The summed E-state index contributed by atoms with van der Waals surface area (Å²) in [5.74, 6) is 0. The Morgan fingerprint density at radius 3 is 2.53 bits per heavy atom. The van der Waals surface area contributed by atoms with Crippen molar-refractivity contribution in [2.75, 3.05) is 19.6 Å². The Labute approximate surface area is 92.2 Å². The molecule has 3 N–H and O–H groups in total. The lowest BCUT2D eigenvalue weighted by molar-refractivity contribution is 0.173. The molecule has 88 valence electrons. The average Bonchev–Trinajstić information content (AvgIpc) is 2.98. The Bertz CT molecular complexity index is 224. The van der Waals surface area contributed by atoms with Crippen LogP contribution in [-0.4, -0.2) is 36.6 Å². The van der Waals surface area contributed by atoms with Crippen LogP contribution >= 0.6 is 0 Å². The normalized spacial score (nSPS) is 16.3. The van der Waals surface area contributed by atoms with Crippen molar-refractivity contribution < 1.29 is 4.79 Å². The van der Waals surface area contributed by atoms with E-state index in [1.165, 1.54) is 0 Å². The topological polar surface area (TPSA) is 58.4 Å². The van der Waals surface area contributed by atoms with Crippen LogP contribution in [0.25, 0.3) is 0 Å². The average molecular weight is 213 g/mol. The second kappa shape index (κ2) is 4.84. The van der Waals surface area contributed by atoms with Crippen LogP contribution in [-0.2, 0) is 0 Å². The van der Waals surface area contributed by atoms with E-state index in [4.69, 9.17) is 5.73 Å². The van der Waals surface area contributed by atoms with Gasteiger partial charge in [-0.05, 0) is 31.7 Å². The van der Waals surface area contributed by atoms with Crippen LogP contribution in [0.5, 0.6) is 0 Å². The highest BCUT2D eigenvalue weighted by molar-refractivity contribution is 5.74. The lowest BCUT2D eigenvalue weighted by Gasteiger charge is -2.31. The second-order valence-electron chi connectivity index (χ2n) is 5.11. The molecule has 1 saturated carbocycles. The van der Waals surface area contributed by atoms with E-state index >= 15 is 0 Å². The molecule has 0 saturated heterocycles. The number of urea groups is 1. The third-order valence-electron chi connectivity index (χ3n) is 2.75. The maximum atomic E-state index is 11.8. The Kier molecular flexibility index (Phi) is 3.97. The van der Waals surface area contributed by atoms with Crippen molar-refractivity contribution >= 4 is 6.03 Å². The van der Waals surface area contributed by atoms with Gasteiger partial charge in [0.05, 0.1) is 0 Å². The highest BCUT2D eigenvalue weighted by atomic mass is 16.2. The molecule has 0 spiro atoms. The zero-order chi connectivity index (χ0) is 11.5. The van der Waals surface area contributed by atoms with E-state index in [1.807, 2.05) is 11.8 Å². The minimum absolute atomic E-state index is 0.00307. The van der Waals surface area contributed by atoms with Crippen LogP contribution in [0.1, 0.15) is 33.6 Å². The molecule has 0 unspecified atom stereocenters.